The molecule has 1 aliphatic heterocycles. The van der Waals surface area contributed by atoms with Crippen molar-refractivity contribution in [2.45, 2.75) is 73.2 Å². The van der Waals surface area contributed by atoms with Crippen molar-refractivity contribution in [3.8, 4) is 43.5 Å². The van der Waals surface area contributed by atoms with Gasteiger partial charge < -0.3 is 29.0 Å². The van der Waals surface area contributed by atoms with E-state index in [4.69, 9.17) is 23.7 Å². The van der Waals surface area contributed by atoms with Crippen LogP contribution in [0.5, 0.6) is 11.5 Å². The van der Waals surface area contributed by atoms with E-state index in [-0.39, 0.29) is 16.9 Å². The number of rotatable bonds is 7. The Hall–Kier alpha value is -6.25. The van der Waals surface area contributed by atoms with Gasteiger partial charge in [-0.1, -0.05) is 6.07 Å². The summed E-state index contributed by atoms with van der Waals surface area (Å²) < 4.78 is 28.7. The van der Waals surface area contributed by atoms with Gasteiger partial charge in [-0.2, -0.15) is 4.90 Å². The summed E-state index contributed by atoms with van der Waals surface area (Å²) in [5.41, 5.74) is 3.60. The highest BCUT2D eigenvalue weighted by atomic mass is 32.1. The van der Waals surface area contributed by atoms with Crippen molar-refractivity contribution in [3.05, 3.63) is 99.4 Å². The number of pyridine rings is 1. The van der Waals surface area contributed by atoms with Crippen molar-refractivity contribution in [1.29, 1.82) is 0 Å². The summed E-state index contributed by atoms with van der Waals surface area (Å²) in [5.74, 6) is 0.00462. The molecule has 4 heterocycles. The lowest BCUT2D eigenvalue weighted by Gasteiger charge is -2.28. The quantitative estimate of drug-likeness (QED) is 0.122. The number of fused-ring (bicyclic) bond motifs is 4. The summed E-state index contributed by atoms with van der Waals surface area (Å²) in [6.07, 6.45) is -0.459. The highest BCUT2D eigenvalue weighted by Gasteiger charge is 2.35. The van der Waals surface area contributed by atoms with Crippen LogP contribution in [0.2, 0.25) is 0 Å². The van der Waals surface area contributed by atoms with Gasteiger partial charge in [-0.25, -0.2) is 19.4 Å². The van der Waals surface area contributed by atoms with Gasteiger partial charge in [0.15, 0.2) is 5.82 Å². The molecule has 310 valence electrons. The number of aromatic nitrogens is 1. The number of esters is 1. The van der Waals surface area contributed by atoms with Gasteiger partial charge in [-0.3, -0.25) is 4.79 Å². The van der Waals surface area contributed by atoms with Gasteiger partial charge in [0.1, 0.15) is 29.3 Å². The Balaban J connectivity index is 1.34. The molecule has 0 aliphatic carbocycles. The number of methoxy groups -OCH3 is 2. The summed E-state index contributed by atoms with van der Waals surface area (Å²) >= 11 is 3.14. The number of anilines is 2. The van der Waals surface area contributed by atoms with E-state index in [0.717, 1.165) is 36.2 Å². The summed E-state index contributed by atoms with van der Waals surface area (Å²) in [6.45, 7) is 14.7. The van der Waals surface area contributed by atoms with E-state index in [2.05, 4.69) is 24.1 Å². The predicted octanol–water partition coefficient (Wildman–Crippen LogP) is 11.6. The first-order chi connectivity index (χ1) is 28.4. The van der Waals surface area contributed by atoms with Gasteiger partial charge in [0.2, 0.25) is 0 Å². The standard InChI is InChI=1S/C46H45N3O9S2/c1-24-25(2)60-39-34-20-32(42(51)55-10)30(22-37(34)56-23-35(24)39)29-21-36(54-9)33(38-12-11-17-59-38)19-31(29)41(50)48-27-13-14-28-26(18-27)15-16-47-40(28)49(43(52)57-45(3,4)5)44(53)58-46(6,7)8/h11-22H,23H2,1-10H3,(H,48,50). The van der Waals surface area contributed by atoms with E-state index in [1.54, 1.807) is 109 Å². The Morgan fingerprint density at radius 3 is 2.13 bits per heavy atom. The van der Waals surface area contributed by atoms with Crippen LogP contribution in [0.3, 0.4) is 0 Å². The van der Waals surface area contributed by atoms with E-state index in [9.17, 15) is 19.2 Å². The van der Waals surface area contributed by atoms with Gasteiger partial charge in [0.25, 0.3) is 5.91 Å². The number of nitrogens with one attached hydrogen (secondary N) is 1. The van der Waals surface area contributed by atoms with Crippen LogP contribution in [0.15, 0.2) is 72.2 Å². The SMILES string of the molecule is COC(=O)c1cc2c(cc1-c1cc(OC)c(-c3cccs3)cc1C(=O)Nc1ccc3c(N(C(=O)OC(C)(C)C)C(=O)OC(C)(C)C)nccc3c1)OCc1c-2sc(C)c1C. The third kappa shape index (κ3) is 8.30. The summed E-state index contributed by atoms with van der Waals surface area (Å²) in [7, 11) is 2.88. The Bertz CT molecular complexity index is 2660. The zero-order valence-electron chi connectivity index (χ0n) is 35.0. The Morgan fingerprint density at radius 2 is 1.50 bits per heavy atom. The molecule has 60 heavy (non-hydrogen) atoms. The van der Waals surface area contributed by atoms with Crippen LogP contribution in [-0.2, 0) is 20.8 Å². The summed E-state index contributed by atoms with van der Waals surface area (Å²) in [6, 6.07) is 17.6. The molecule has 0 saturated heterocycles. The lowest BCUT2D eigenvalue weighted by atomic mass is 9.89. The molecule has 1 aliphatic rings. The average Bonchev–Trinajstić information content (AvgIpc) is 3.83. The monoisotopic (exact) mass is 847 g/mol. The molecule has 0 spiro atoms. The largest absolute Gasteiger partial charge is 0.496 e. The second-order valence-electron chi connectivity index (χ2n) is 16.2. The molecule has 0 bridgehead atoms. The molecule has 0 atom stereocenters. The number of thiophene rings is 2. The fourth-order valence-electron chi connectivity index (χ4n) is 6.86. The first-order valence-corrected chi connectivity index (χ1v) is 20.8. The van der Waals surface area contributed by atoms with Gasteiger partial charge >= 0.3 is 18.2 Å². The predicted molar refractivity (Wildman–Crippen MR) is 235 cm³/mol. The maximum atomic E-state index is 14.7. The molecule has 0 fully saturated rings. The molecule has 0 unspecified atom stereocenters. The summed E-state index contributed by atoms with van der Waals surface area (Å²) in [4.78, 5) is 63.6. The third-order valence-electron chi connectivity index (χ3n) is 9.68. The number of imide groups is 1. The van der Waals surface area contributed by atoms with E-state index >= 15 is 0 Å². The number of carbonyl (C=O) groups is 4. The van der Waals surface area contributed by atoms with Gasteiger partial charge in [0.05, 0.1) is 19.8 Å². The highest BCUT2D eigenvalue weighted by molar-refractivity contribution is 7.16. The third-order valence-corrected chi connectivity index (χ3v) is 11.9. The number of aryl methyl sites for hydroxylation is 1. The van der Waals surface area contributed by atoms with E-state index in [0.29, 0.717) is 51.3 Å². The van der Waals surface area contributed by atoms with Crippen LogP contribution in [0.25, 0.3) is 42.8 Å². The fraction of sp³-hybridized carbons (Fsp3) is 0.283. The maximum absolute atomic E-state index is 14.7. The molecule has 7 rings (SSSR count). The van der Waals surface area contributed by atoms with Crippen molar-refractivity contribution < 1.29 is 42.9 Å². The number of nitrogens with zero attached hydrogens (tertiary/aromatic N) is 2. The second kappa shape index (κ2) is 16.1. The Labute approximate surface area is 356 Å². The Morgan fingerprint density at radius 1 is 0.817 bits per heavy atom. The fourth-order valence-corrected chi connectivity index (χ4v) is 8.79. The second-order valence-corrected chi connectivity index (χ2v) is 18.3. The minimum Gasteiger partial charge on any atom is -0.496 e. The van der Waals surface area contributed by atoms with Crippen molar-refractivity contribution in [2.24, 2.45) is 0 Å². The zero-order chi connectivity index (χ0) is 43.3. The Kier molecular flexibility index (Phi) is 11.2. The van der Waals surface area contributed by atoms with Crippen molar-refractivity contribution >= 4 is 69.0 Å². The smallest absolute Gasteiger partial charge is 0.425 e. The number of hydrogen-bond acceptors (Lipinski definition) is 12. The number of carbonyl (C=O) groups excluding carboxylic acids is 4. The molecule has 12 nitrogen and oxygen atoms in total. The number of hydrogen-bond donors (Lipinski definition) is 1. The van der Waals surface area contributed by atoms with Crippen molar-refractivity contribution in [3.63, 3.8) is 0 Å². The molecule has 3 amide bonds. The lowest BCUT2D eigenvalue weighted by molar-refractivity contribution is 0.0428. The summed E-state index contributed by atoms with van der Waals surface area (Å²) in [5, 5.41) is 5.95. The minimum atomic E-state index is -0.956. The van der Waals surface area contributed by atoms with Crippen LogP contribution >= 0.6 is 22.7 Å². The first-order valence-electron chi connectivity index (χ1n) is 19.1. The van der Waals surface area contributed by atoms with Crippen LogP contribution in [0, 0.1) is 13.8 Å². The molecular weight excluding hydrogens is 803 g/mol. The van der Waals surface area contributed by atoms with Gasteiger partial charge in [0, 0.05) is 59.7 Å². The van der Waals surface area contributed by atoms with Crippen LogP contribution in [0.4, 0.5) is 21.1 Å². The van der Waals surface area contributed by atoms with Crippen molar-refractivity contribution in [1.82, 2.24) is 4.98 Å². The van der Waals surface area contributed by atoms with Gasteiger partial charge in [-0.15, -0.1) is 22.7 Å². The van der Waals surface area contributed by atoms with Crippen LogP contribution < -0.4 is 19.7 Å². The average molecular weight is 848 g/mol. The first kappa shape index (κ1) is 41.9. The van der Waals surface area contributed by atoms with Crippen LogP contribution in [0.1, 0.15) is 78.3 Å². The molecule has 0 radical (unpaired) electrons. The van der Waals surface area contributed by atoms with E-state index < -0.39 is 35.3 Å². The molecule has 3 aromatic carbocycles. The molecule has 3 aromatic heterocycles. The zero-order valence-corrected chi connectivity index (χ0v) is 36.7. The molecule has 1 N–H and O–H groups in total. The minimum absolute atomic E-state index is 0.00290. The molecular formula is C46H45N3O9S2. The number of benzene rings is 3. The number of ether oxygens (including phenoxy) is 5. The number of amides is 3. The highest BCUT2D eigenvalue weighted by Crippen LogP contribution is 2.48. The molecule has 0 saturated carbocycles. The van der Waals surface area contributed by atoms with Gasteiger partial charge in [-0.05, 0) is 132 Å². The van der Waals surface area contributed by atoms with E-state index in [1.165, 1.54) is 24.6 Å². The molecule has 6 aromatic rings. The normalized spacial score (nSPS) is 12.2. The molecule has 14 heteroatoms. The maximum Gasteiger partial charge on any atom is 0.425 e. The topological polar surface area (TPSA) is 143 Å². The van der Waals surface area contributed by atoms with Crippen LogP contribution in [-0.4, -0.2) is 54.5 Å². The van der Waals surface area contributed by atoms with E-state index in [1.807, 2.05) is 17.5 Å². The lowest BCUT2D eigenvalue weighted by Crippen LogP contribution is -2.44. The van der Waals surface area contributed by atoms with Crippen molar-refractivity contribution in [2.75, 3.05) is 24.4 Å².